The lowest BCUT2D eigenvalue weighted by molar-refractivity contribution is 0.404. The number of thioether (sulfide) groups is 1. The first-order chi connectivity index (χ1) is 9.78. The van der Waals surface area contributed by atoms with Crippen molar-refractivity contribution in [3.05, 3.63) is 29.8 Å². The van der Waals surface area contributed by atoms with Crippen molar-refractivity contribution in [3.8, 4) is 0 Å². The van der Waals surface area contributed by atoms with E-state index in [1.807, 2.05) is 6.92 Å². The van der Waals surface area contributed by atoms with Gasteiger partial charge in [0.1, 0.15) is 5.37 Å². The molecule has 0 amide bonds. The summed E-state index contributed by atoms with van der Waals surface area (Å²) in [6.45, 7) is 2.11. The Balaban J connectivity index is 2.51. The van der Waals surface area contributed by atoms with Gasteiger partial charge in [0.25, 0.3) is 0 Å². The molecule has 1 aliphatic heterocycles. The van der Waals surface area contributed by atoms with E-state index in [0.717, 1.165) is 10.6 Å². The van der Waals surface area contributed by atoms with Crippen molar-refractivity contribution >= 4 is 31.6 Å². The molecule has 21 heavy (non-hydrogen) atoms. The quantitative estimate of drug-likeness (QED) is 0.821. The van der Waals surface area contributed by atoms with Crippen LogP contribution in [0.25, 0.3) is 0 Å². The van der Waals surface area contributed by atoms with Gasteiger partial charge in [0.15, 0.2) is 9.84 Å². The predicted molar refractivity (Wildman–Crippen MR) is 85.7 cm³/mol. The van der Waals surface area contributed by atoms with Gasteiger partial charge in [-0.2, -0.15) is 16.1 Å². The third-order valence-electron chi connectivity index (χ3n) is 3.47. The Hall–Kier alpha value is -0.570. The van der Waals surface area contributed by atoms with Crippen molar-refractivity contribution in [1.82, 2.24) is 4.31 Å². The summed E-state index contributed by atoms with van der Waals surface area (Å²) < 4.78 is 50.7. The number of hydrogen-bond acceptors (Lipinski definition) is 5. The van der Waals surface area contributed by atoms with Crippen molar-refractivity contribution in [1.29, 1.82) is 0 Å². The average molecular weight is 349 g/mol. The molecule has 1 saturated heterocycles. The van der Waals surface area contributed by atoms with Crippen molar-refractivity contribution in [2.24, 2.45) is 0 Å². The lowest BCUT2D eigenvalue weighted by Crippen LogP contribution is -2.49. The first-order valence-electron chi connectivity index (χ1n) is 6.65. The van der Waals surface area contributed by atoms with Gasteiger partial charge in [-0.25, -0.2) is 16.8 Å². The van der Waals surface area contributed by atoms with Crippen molar-refractivity contribution in [2.45, 2.75) is 23.6 Å². The van der Waals surface area contributed by atoms with Gasteiger partial charge in [-0.15, -0.1) is 0 Å². The minimum Gasteiger partial charge on any atom is -0.227 e. The lowest BCUT2D eigenvalue weighted by Gasteiger charge is -2.33. The fourth-order valence-electron chi connectivity index (χ4n) is 2.35. The van der Waals surface area contributed by atoms with Crippen LogP contribution >= 0.6 is 11.8 Å². The van der Waals surface area contributed by atoms with Gasteiger partial charge >= 0.3 is 0 Å². The van der Waals surface area contributed by atoms with Gasteiger partial charge in [-0.05, 0) is 18.1 Å². The summed E-state index contributed by atoms with van der Waals surface area (Å²) in [4.78, 5) is 0.216. The maximum absolute atomic E-state index is 12.9. The molecule has 8 heteroatoms. The predicted octanol–water partition coefficient (Wildman–Crippen LogP) is 1.36. The van der Waals surface area contributed by atoms with Crippen LogP contribution in [0.2, 0.25) is 0 Å². The fraction of sp³-hybridized carbons (Fsp3) is 0.538. The van der Waals surface area contributed by atoms with Crippen molar-refractivity contribution in [2.75, 3.05) is 24.3 Å². The Morgan fingerprint density at radius 2 is 1.90 bits per heavy atom. The molecule has 0 N–H and O–H groups in total. The highest BCUT2D eigenvalue weighted by atomic mass is 32.2. The molecule has 1 heterocycles. The van der Waals surface area contributed by atoms with E-state index in [4.69, 9.17) is 0 Å². The second-order valence-electron chi connectivity index (χ2n) is 4.94. The number of sulfone groups is 1. The number of benzene rings is 1. The number of sulfonamides is 1. The summed E-state index contributed by atoms with van der Waals surface area (Å²) in [6.07, 6.45) is 1.68. The van der Waals surface area contributed by atoms with E-state index in [2.05, 4.69) is 0 Å². The Morgan fingerprint density at radius 1 is 1.24 bits per heavy atom. The zero-order valence-corrected chi connectivity index (χ0v) is 14.5. The van der Waals surface area contributed by atoms with Crippen LogP contribution in [-0.2, 0) is 26.3 Å². The average Bonchev–Trinajstić information content (AvgIpc) is 2.46. The zero-order valence-electron chi connectivity index (χ0n) is 12.0. The van der Waals surface area contributed by atoms with E-state index in [0.29, 0.717) is 17.7 Å². The van der Waals surface area contributed by atoms with E-state index in [1.54, 1.807) is 24.3 Å². The maximum Gasteiger partial charge on any atom is 0.244 e. The molecule has 0 saturated carbocycles. The van der Waals surface area contributed by atoms with Crippen LogP contribution in [0, 0.1) is 0 Å². The van der Waals surface area contributed by atoms with E-state index in [-0.39, 0.29) is 17.2 Å². The summed E-state index contributed by atoms with van der Waals surface area (Å²) in [5.41, 5.74) is 0.711. The molecule has 0 bridgehead atoms. The van der Waals surface area contributed by atoms with Gasteiger partial charge in [0, 0.05) is 24.3 Å². The molecule has 0 aliphatic carbocycles. The minimum absolute atomic E-state index is 0.216. The van der Waals surface area contributed by atoms with E-state index < -0.39 is 25.2 Å². The molecular weight excluding hydrogens is 330 g/mol. The summed E-state index contributed by atoms with van der Waals surface area (Å²) in [6, 6.07) is 6.77. The van der Waals surface area contributed by atoms with E-state index in [9.17, 15) is 16.8 Å². The first-order valence-corrected chi connectivity index (χ1v) is 11.2. The summed E-state index contributed by atoms with van der Waals surface area (Å²) in [5, 5.41) is -0.980. The molecule has 0 radical (unpaired) electrons. The van der Waals surface area contributed by atoms with Crippen LogP contribution < -0.4 is 0 Å². The topological polar surface area (TPSA) is 71.5 Å². The first kappa shape index (κ1) is 16.8. The summed E-state index contributed by atoms with van der Waals surface area (Å²) in [7, 11) is -7.26. The molecule has 1 unspecified atom stereocenters. The van der Waals surface area contributed by atoms with Gasteiger partial charge < -0.3 is 0 Å². The third-order valence-corrected chi connectivity index (χ3v) is 8.26. The highest BCUT2D eigenvalue weighted by Gasteiger charge is 2.39. The molecule has 0 aromatic heterocycles. The molecule has 5 nitrogen and oxygen atoms in total. The zero-order chi connectivity index (χ0) is 15.7. The summed E-state index contributed by atoms with van der Waals surface area (Å²) >= 11 is 1.47. The van der Waals surface area contributed by atoms with Crippen LogP contribution in [0.15, 0.2) is 29.2 Å². The van der Waals surface area contributed by atoms with Gasteiger partial charge in [-0.3, -0.25) is 0 Å². The Labute approximate surface area is 130 Å². The molecule has 118 valence electrons. The van der Waals surface area contributed by atoms with Crippen molar-refractivity contribution < 1.29 is 16.8 Å². The van der Waals surface area contributed by atoms with Crippen LogP contribution in [0.1, 0.15) is 12.5 Å². The van der Waals surface area contributed by atoms with E-state index in [1.165, 1.54) is 11.8 Å². The van der Waals surface area contributed by atoms with Crippen molar-refractivity contribution in [3.63, 3.8) is 0 Å². The Morgan fingerprint density at radius 3 is 2.52 bits per heavy atom. The minimum atomic E-state index is -3.80. The highest BCUT2D eigenvalue weighted by molar-refractivity contribution is 8.01. The molecule has 1 aromatic carbocycles. The number of hydrogen-bond donors (Lipinski definition) is 0. The Kier molecular flexibility index (Phi) is 5.02. The maximum atomic E-state index is 12.9. The fourth-order valence-corrected chi connectivity index (χ4v) is 7.82. The van der Waals surface area contributed by atoms with Crippen LogP contribution in [0.3, 0.4) is 0 Å². The molecule has 2 rings (SSSR count). The summed E-state index contributed by atoms with van der Waals surface area (Å²) in [5.74, 6) is 0.895. The molecule has 1 atom stereocenters. The second kappa shape index (κ2) is 6.28. The van der Waals surface area contributed by atoms with Gasteiger partial charge in [0.2, 0.25) is 10.0 Å². The lowest BCUT2D eigenvalue weighted by atomic mass is 10.2. The normalized spacial score (nSPS) is 21.3. The monoisotopic (exact) mass is 349 g/mol. The Bertz CT molecular complexity index is 713. The molecule has 1 fully saturated rings. The number of nitrogens with zero attached hydrogens (tertiary/aromatic N) is 1. The smallest absolute Gasteiger partial charge is 0.227 e. The molecular formula is C13H19NO4S3. The SMILES string of the molecule is CCc1ccccc1S(=O)(=O)N1CCSCC1S(C)(=O)=O. The van der Waals surface area contributed by atoms with Gasteiger partial charge in [-0.1, -0.05) is 25.1 Å². The van der Waals surface area contributed by atoms with Crippen LogP contribution in [-0.4, -0.2) is 50.8 Å². The number of aryl methyl sites for hydroxylation is 1. The van der Waals surface area contributed by atoms with Crippen LogP contribution in [0.4, 0.5) is 0 Å². The molecule has 0 spiro atoms. The highest BCUT2D eigenvalue weighted by Crippen LogP contribution is 2.28. The van der Waals surface area contributed by atoms with E-state index >= 15 is 0 Å². The molecule has 1 aliphatic rings. The largest absolute Gasteiger partial charge is 0.244 e. The second-order valence-corrected chi connectivity index (χ2v) is 10.1. The van der Waals surface area contributed by atoms with Crippen LogP contribution in [0.5, 0.6) is 0 Å². The molecule has 1 aromatic rings. The third kappa shape index (κ3) is 3.44. The standard InChI is InChI=1S/C13H19NO4S3/c1-3-11-6-4-5-7-12(11)21(17,18)14-8-9-19-10-13(14)20(2,15)16/h4-7,13H,3,8-10H2,1-2H3. The number of rotatable bonds is 4. The van der Waals surface area contributed by atoms with Gasteiger partial charge in [0.05, 0.1) is 4.90 Å².